The molecule has 0 bridgehead atoms. The van der Waals surface area contributed by atoms with Crippen LogP contribution < -0.4 is 4.74 Å². The molecule has 1 aliphatic carbocycles. The molecule has 0 radical (unpaired) electrons. The summed E-state index contributed by atoms with van der Waals surface area (Å²) in [4.78, 5) is 14.7. The molecule has 144 valence electrons. The van der Waals surface area contributed by atoms with E-state index in [1.807, 2.05) is 29.2 Å². The highest BCUT2D eigenvalue weighted by molar-refractivity contribution is 5.79. The molecule has 2 aliphatic rings. The normalized spacial score (nSPS) is 18.0. The first-order valence-electron chi connectivity index (χ1n) is 10.1. The molecular weight excluding hydrogens is 340 g/mol. The first kappa shape index (κ1) is 18.1. The second-order valence-corrected chi connectivity index (χ2v) is 7.68. The van der Waals surface area contributed by atoms with Crippen molar-refractivity contribution in [2.45, 2.75) is 57.3 Å². The summed E-state index contributed by atoms with van der Waals surface area (Å²) in [5, 5.41) is 4.35. The standard InChI is InChI=1S/C22H28N2O3/c1-26-20-10-6-5-7-17(20)15-21(25)24-13-11-16(12-14-24)22-18-8-3-2-4-9-19(18)23-27-22/h5-7,10,16H,2-4,8-9,11-15H2,1H3. The maximum Gasteiger partial charge on any atom is 0.227 e. The molecule has 0 saturated carbocycles. The van der Waals surface area contributed by atoms with Crippen LogP contribution in [0.25, 0.3) is 0 Å². The number of hydrogen-bond donors (Lipinski definition) is 0. The molecule has 1 fully saturated rings. The Balaban J connectivity index is 1.38. The number of rotatable bonds is 4. The van der Waals surface area contributed by atoms with E-state index in [0.717, 1.165) is 55.8 Å². The number of fused-ring (bicyclic) bond motifs is 1. The molecule has 0 unspecified atom stereocenters. The Kier molecular flexibility index (Phi) is 5.46. The first-order valence-corrected chi connectivity index (χ1v) is 10.1. The minimum atomic E-state index is 0.175. The van der Waals surface area contributed by atoms with E-state index in [4.69, 9.17) is 9.26 Å². The number of hydrogen-bond acceptors (Lipinski definition) is 4. The van der Waals surface area contributed by atoms with Crippen LogP contribution >= 0.6 is 0 Å². The summed E-state index contributed by atoms with van der Waals surface area (Å²) < 4.78 is 11.1. The molecule has 1 saturated heterocycles. The van der Waals surface area contributed by atoms with Crippen LogP contribution in [-0.4, -0.2) is 36.2 Å². The number of para-hydroxylation sites is 1. The van der Waals surface area contributed by atoms with E-state index in [2.05, 4.69) is 5.16 Å². The number of nitrogens with zero attached hydrogens (tertiary/aromatic N) is 2. The molecule has 0 N–H and O–H groups in total. The fourth-order valence-electron chi connectivity index (χ4n) is 4.43. The number of aryl methyl sites for hydroxylation is 1. The van der Waals surface area contributed by atoms with Crippen molar-refractivity contribution in [3.8, 4) is 5.75 Å². The maximum atomic E-state index is 12.7. The Bertz CT molecular complexity index is 791. The predicted molar refractivity (Wildman–Crippen MR) is 103 cm³/mol. The van der Waals surface area contributed by atoms with Crippen LogP contribution in [0.1, 0.15) is 60.6 Å². The van der Waals surface area contributed by atoms with Crippen molar-refractivity contribution in [2.75, 3.05) is 20.2 Å². The van der Waals surface area contributed by atoms with E-state index in [1.165, 1.54) is 30.5 Å². The SMILES string of the molecule is COc1ccccc1CC(=O)N1CCC(c2onc3c2CCCCC3)CC1. The molecule has 4 rings (SSSR count). The lowest BCUT2D eigenvalue weighted by Gasteiger charge is -2.31. The van der Waals surface area contributed by atoms with Gasteiger partial charge in [0.1, 0.15) is 11.5 Å². The van der Waals surface area contributed by atoms with Crippen LogP contribution in [-0.2, 0) is 24.1 Å². The number of likely N-dealkylation sites (tertiary alicyclic amines) is 1. The molecule has 0 spiro atoms. The van der Waals surface area contributed by atoms with E-state index in [9.17, 15) is 4.79 Å². The fourth-order valence-corrected chi connectivity index (χ4v) is 4.43. The summed E-state index contributed by atoms with van der Waals surface area (Å²) in [5.74, 6) is 2.46. The fraction of sp³-hybridized carbons (Fsp3) is 0.545. The van der Waals surface area contributed by atoms with E-state index in [0.29, 0.717) is 12.3 Å². The molecular formula is C22H28N2O3. The molecule has 5 nitrogen and oxygen atoms in total. The molecule has 0 atom stereocenters. The van der Waals surface area contributed by atoms with Gasteiger partial charge in [-0.25, -0.2) is 0 Å². The Hall–Kier alpha value is -2.30. The average molecular weight is 368 g/mol. The zero-order chi connectivity index (χ0) is 18.6. The number of ether oxygens (including phenoxy) is 1. The molecule has 1 aromatic heterocycles. The minimum absolute atomic E-state index is 0.175. The van der Waals surface area contributed by atoms with Crippen molar-refractivity contribution in [3.05, 3.63) is 46.8 Å². The molecule has 5 heteroatoms. The van der Waals surface area contributed by atoms with E-state index in [1.54, 1.807) is 7.11 Å². The third kappa shape index (κ3) is 3.87. The van der Waals surface area contributed by atoms with Gasteiger partial charge in [0.25, 0.3) is 0 Å². The van der Waals surface area contributed by atoms with Gasteiger partial charge in [0.05, 0.1) is 19.2 Å². The van der Waals surface area contributed by atoms with Gasteiger partial charge in [0.2, 0.25) is 5.91 Å². The molecule has 27 heavy (non-hydrogen) atoms. The van der Waals surface area contributed by atoms with Gasteiger partial charge in [-0.3, -0.25) is 4.79 Å². The van der Waals surface area contributed by atoms with Crippen molar-refractivity contribution in [2.24, 2.45) is 0 Å². The monoisotopic (exact) mass is 368 g/mol. The molecule has 2 aromatic rings. The molecule has 1 amide bonds. The van der Waals surface area contributed by atoms with Gasteiger partial charge in [0, 0.05) is 30.1 Å². The van der Waals surface area contributed by atoms with Gasteiger partial charge in [-0.1, -0.05) is 29.8 Å². The lowest BCUT2D eigenvalue weighted by atomic mass is 9.90. The number of aromatic nitrogens is 1. The Labute approximate surface area is 160 Å². The largest absolute Gasteiger partial charge is 0.496 e. The number of amides is 1. The lowest BCUT2D eigenvalue weighted by molar-refractivity contribution is -0.131. The Morgan fingerprint density at radius 3 is 2.78 bits per heavy atom. The summed E-state index contributed by atoms with van der Waals surface area (Å²) in [7, 11) is 1.65. The average Bonchev–Trinajstić information content (AvgIpc) is 2.96. The first-order chi connectivity index (χ1) is 13.3. The van der Waals surface area contributed by atoms with Gasteiger partial charge in [0.15, 0.2) is 0 Å². The second-order valence-electron chi connectivity index (χ2n) is 7.68. The zero-order valence-corrected chi connectivity index (χ0v) is 16.1. The summed E-state index contributed by atoms with van der Waals surface area (Å²) in [6.45, 7) is 1.57. The molecule has 2 heterocycles. The zero-order valence-electron chi connectivity index (χ0n) is 16.1. The van der Waals surface area contributed by atoms with Gasteiger partial charge < -0.3 is 14.2 Å². The number of benzene rings is 1. The van der Waals surface area contributed by atoms with Crippen molar-refractivity contribution in [3.63, 3.8) is 0 Å². The second kappa shape index (κ2) is 8.15. The van der Waals surface area contributed by atoms with Crippen molar-refractivity contribution < 1.29 is 14.1 Å². The van der Waals surface area contributed by atoms with Crippen LogP contribution in [0.4, 0.5) is 0 Å². The highest BCUT2D eigenvalue weighted by Gasteiger charge is 2.30. The van der Waals surface area contributed by atoms with Crippen LogP contribution in [0.5, 0.6) is 5.75 Å². The van der Waals surface area contributed by atoms with Crippen LogP contribution in [0.15, 0.2) is 28.8 Å². The number of carbonyl (C=O) groups excluding carboxylic acids is 1. The van der Waals surface area contributed by atoms with E-state index in [-0.39, 0.29) is 5.91 Å². The van der Waals surface area contributed by atoms with Crippen molar-refractivity contribution in [1.29, 1.82) is 0 Å². The summed E-state index contributed by atoms with van der Waals surface area (Å²) in [6.07, 6.45) is 8.19. The van der Waals surface area contributed by atoms with Crippen molar-refractivity contribution >= 4 is 5.91 Å². The molecule has 1 aromatic carbocycles. The summed E-state index contributed by atoms with van der Waals surface area (Å²) >= 11 is 0. The Morgan fingerprint density at radius 2 is 1.96 bits per heavy atom. The smallest absolute Gasteiger partial charge is 0.227 e. The summed E-state index contributed by atoms with van der Waals surface area (Å²) in [5.41, 5.74) is 3.50. The van der Waals surface area contributed by atoms with Crippen LogP contribution in [0, 0.1) is 0 Å². The quantitative estimate of drug-likeness (QED) is 0.768. The highest BCUT2D eigenvalue weighted by atomic mass is 16.5. The maximum absolute atomic E-state index is 12.7. The number of carbonyl (C=O) groups is 1. The predicted octanol–water partition coefficient (Wildman–Crippen LogP) is 3.90. The summed E-state index contributed by atoms with van der Waals surface area (Å²) in [6, 6.07) is 7.75. The van der Waals surface area contributed by atoms with E-state index >= 15 is 0 Å². The van der Waals surface area contributed by atoms with Crippen LogP contribution in [0.2, 0.25) is 0 Å². The van der Waals surface area contributed by atoms with Gasteiger partial charge >= 0.3 is 0 Å². The lowest BCUT2D eigenvalue weighted by Crippen LogP contribution is -2.38. The van der Waals surface area contributed by atoms with Crippen molar-refractivity contribution in [1.82, 2.24) is 10.1 Å². The Morgan fingerprint density at radius 1 is 1.19 bits per heavy atom. The van der Waals surface area contributed by atoms with Crippen LogP contribution in [0.3, 0.4) is 0 Å². The van der Waals surface area contributed by atoms with Gasteiger partial charge in [-0.15, -0.1) is 0 Å². The van der Waals surface area contributed by atoms with E-state index < -0.39 is 0 Å². The minimum Gasteiger partial charge on any atom is -0.496 e. The third-order valence-electron chi connectivity index (χ3n) is 5.99. The number of piperidine rings is 1. The molecule has 1 aliphatic heterocycles. The number of methoxy groups -OCH3 is 1. The third-order valence-corrected chi connectivity index (χ3v) is 5.99. The topological polar surface area (TPSA) is 55.6 Å². The van der Waals surface area contributed by atoms with Gasteiger partial charge in [-0.05, 0) is 44.6 Å². The van der Waals surface area contributed by atoms with Gasteiger partial charge in [-0.2, -0.15) is 0 Å². The highest BCUT2D eigenvalue weighted by Crippen LogP contribution is 2.34.